The lowest BCUT2D eigenvalue weighted by Gasteiger charge is -2.11. The molecule has 1 aliphatic heterocycles. The van der Waals surface area contributed by atoms with Crippen LogP contribution in [0.4, 0.5) is 4.79 Å². The zero-order chi connectivity index (χ0) is 9.68. The first-order valence-electron chi connectivity index (χ1n) is 4.86. The molecule has 0 aromatic heterocycles. The van der Waals surface area contributed by atoms with Crippen LogP contribution in [0.2, 0.25) is 0 Å². The lowest BCUT2D eigenvalue weighted by molar-refractivity contribution is 0.145. The number of nitrogens with zero attached hydrogens (tertiary/aromatic N) is 1. The predicted octanol–water partition coefficient (Wildman–Crippen LogP) is 2.18. The molecule has 1 atom stereocenters. The standard InChI is InChI=1S/C10H17NO2/c1-3-5-6-7-11-8-9(4-2)13-10(11)12/h4,9H,2-3,5-8H2,1H3. The van der Waals surface area contributed by atoms with E-state index in [1.54, 1.807) is 11.0 Å². The summed E-state index contributed by atoms with van der Waals surface area (Å²) in [5, 5.41) is 0. The fourth-order valence-corrected chi connectivity index (χ4v) is 1.39. The minimum absolute atomic E-state index is 0.103. The van der Waals surface area contributed by atoms with Crippen molar-refractivity contribution in [3.8, 4) is 0 Å². The van der Waals surface area contributed by atoms with Crippen LogP contribution in [0.25, 0.3) is 0 Å². The Balaban J connectivity index is 2.26. The van der Waals surface area contributed by atoms with E-state index in [-0.39, 0.29) is 12.2 Å². The van der Waals surface area contributed by atoms with Gasteiger partial charge in [0.25, 0.3) is 0 Å². The third kappa shape index (κ3) is 2.76. The summed E-state index contributed by atoms with van der Waals surface area (Å²) >= 11 is 0. The molecule has 1 heterocycles. The monoisotopic (exact) mass is 183 g/mol. The molecule has 0 saturated carbocycles. The van der Waals surface area contributed by atoms with Crippen molar-refractivity contribution in [2.75, 3.05) is 13.1 Å². The maximum Gasteiger partial charge on any atom is 0.410 e. The zero-order valence-electron chi connectivity index (χ0n) is 8.16. The smallest absolute Gasteiger partial charge is 0.410 e. The molecule has 0 aromatic rings. The van der Waals surface area contributed by atoms with Crippen molar-refractivity contribution < 1.29 is 9.53 Å². The molecule has 3 nitrogen and oxygen atoms in total. The largest absolute Gasteiger partial charge is 0.440 e. The summed E-state index contributed by atoms with van der Waals surface area (Å²) in [6, 6.07) is 0. The van der Waals surface area contributed by atoms with Crippen molar-refractivity contribution in [3.63, 3.8) is 0 Å². The maximum atomic E-state index is 11.2. The summed E-state index contributed by atoms with van der Waals surface area (Å²) in [5.41, 5.74) is 0. The van der Waals surface area contributed by atoms with Crippen LogP contribution in [-0.2, 0) is 4.74 Å². The van der Waals surface area contributed by atoms with Gasteiger partial charge in [0.15, 0.2) is 0 Å². The average Bonchev–Trinajstić information content (AvgIpc) is 2.48. The Morgan fingerprint density at radius 2 is 2.46 bits per heavy atom. The fraction of sp³-hybridized carbons (Fsp3) is 0.700. The Hall–Kier alpha value is -0.990. The molecule has 74 valence electrons. The molecule has 1 rings (SSSR count). The molecular weight excluding hydrogens is 166 g/mol. The predicted molar refractivity (Wildman–Crippen MR) is 51.6 cm³/mol. The van der Waals surface area contributed by atoms with Crippen LogP contribution in [0.5, 0.6) is 0 Å². The average molecular weight is 183 g/mol. The highest BCUT2D eigenvalue weighted by molar-refractivity contribution is 5.70. The summed E-state index contributed by atoms with van der Waals surface area (Å²) < 4.78 is 5.02. The van der Waals surface area contributed by atoms with Crippen LogP contribution in [0.15, 0.2) is 12.7 Å². The Labute approximate surface area is 79.4 Å². The molecule has 1 aliphatic rings. The number of hydrogen-bond acceptors (Lipinski definition) is 2. The van der Waals surface area contributed by atoms with Gasteiger partial charge in [0.2, 0.25) is 0 Å². The van der Waals surface area contributed by atoms with Gasteiger partial charge in [-0.05, 0) is 12.5 Å². The minimum atomic E-state index is -0.194. The van der Waals surface area contributed by atoms with Crippen molar-refractivity contribution in [1.29, 1.82) is 0 Å². The topological polar surface area (TPSA) is 29.5 Å². The van der Waals surface area contributed by atoms with Crippen LogP contribution in [0.1, 0.15) is 26.2 Å². The molecule has 0 bridgehead atoms. The number of cyclic esters (lactones) is 1. The molecule has 0 radical (unpaired) electrons. The number of carbonyl (C=O) groups excluding carboxylic acids is 1. The van der Waals surface area contributed by atoms with Crippen molar-refractivity contribution in [3.05, 3.63) is 12.7 Å². The molecule has 0 N–H and O–H groups in total. The Bertz CT molecular complexity index is 191. The van der Waals surface area contributed by atoms with Gasteiger partial charge in [-0.1, -0.05) is 26.3 Å². The highest BCUT2D eigenvalue weighted by Gasteiger charge is 2.28. The molecule has 1 amide bonds. The van der Waals surface area contributed by atoms with E-state index >= 15 is 0 Å². The maximum absolute atomic E-state index is 11.2. The van der Waals surface area contributed by atoms with E-state index in [4.69, 9.17) is 4.74 Å². The summed E-state index contributed by atoms with van der Waals surface area (Å²) in [5.74, 6) is 0. The van der Waals surface area contributed by atoms with Gasteiger partial charge in [-0.3, -0.25) is 0 Å². The molecule has 0 spiro atoms. The summed E-state index contributed by atoms with van der Waals surface area (Å²) in [6.45, 7) is 7.24. The van der Waals surface area contributed by atoms with Crippen LogP contribution < -0.4 is 0 Å². The van der Waals surface area contributed by atoms with Gasteiger partial charge in [0.05, 0.1) is 6.54 Å². The van der Waals surface area contributed by atoms with E-state index < -0.39 is 0 Å². The molecule has 1 saturated heterocycles. The zero-order valence-corrected chi connectivity index (χ0v) is 8.16. The second kappa shape index (κ2) is 4.90. The summed E-state index contributed by atoms with van der Waals surface area (Å²) in [6.07, 6.45) is 4.79. The minimum Gasteiger partial charge on any atom is -0.440 e. The van der Waals surface area contributed by atoms with E-state index in [0.717, 1.165) is 13.0 Å². The Morgan fingerprint density at radius 1 is 1.69 bits per heavy atom. The summed E-state index contributed by atoms with van der Waals surface area (Å²) in [4.78, 5) is 12.9. The molecule has 0 aliphatic carbocycles. The Morgan fingerprint density at radius 3 is 3.00 bits per heavy atom. The highest BCUT2D eigenvalue weighted by Crippen LogP contribution is 2.12. The van der Waals surface area contributed by atoms with E-state index in [9.17, 15) is 4.79 Å². The van der Waals surface area contributed by atoms with Crippen molar-refractivity contribution >= 4 is 6.09 Å². The van der Waals surface area contributed by atoms with E-state index in [1.807, 2.05) is 0 Å². The van der Waals surface area contributed by atoms with Gasteiger partial charge in [0, 0.05) is 6.54 Å². The number of carbonyl (C=O) groups is 1. The van der Waals surface area contributed by atoms with Crippen LogP contribution in [-0.4, -0.2) is 30.2 Å². The first-order valence-corrected chi connectivity index (χ1v) is 4.86. The van der Waals surface area contributed by atoms with Crippen LogP contribution in [0, 0.1) is 0 Å². The van der Waals surface area contributed by atoms with Crippen molar-refractivity contribution in [2.24, 2.45) is 0 Å². The van der Waals surface area contributed by atoms with E-state index in [0.29, 0.717) is 6.54 Å². The van der Waals surface area contributed by atoms with Gasteiger partial charge in [0.1, 0.15) is 6.10 Å². The molecule has 3 heteroatoms. The first kappa shape index (κ1) is 10.1. The number of amides is 1. The first-order chi connectivity index (χ1) is 6.27. The lowest BCUT2D eigenvalue weighted by atomic mass is 10.2. The quantitative estimate of drug-likeness (QED) is 0.483. The fourth-order valence-electron chi connectivity index (χ4n) is 1.39. The number of rotatable bonds is 5. The third-order valence-electron chi connectivity index (χ3n) is 2.21. The molecular formula is C10H17NO2. The number of ether oxygens (including phenoxy) is 1. The van der Waals surface area contributed by atoms with Crippen molar-refractivity contribution in [1.82, 2.24) is 4.90 Å². The lowest BCUT2D eigenvalue weighted by Crippen LogP contribution is -2.25. The van der Waals surface area contributed by atoms with Gasteiger partial charge in [-0.25, -0.2) is 4.79 Å². The third-order valence-corrected chi connectivity index (χ3v) is 2.21. The van der Waals surface area contributed by atoms with Gasteiger partial charge in [-0.15, -0.1) is 0 Å². The molecule has 0 aromatic carbocycles. The van der Waals surface area contributed by atoms with Crippen LogP contribution >= 0.6 is 0 Å². The Kier molecular flexibility index (Phi) is 3.80. The summed E-state index contributed by atoms with van der Waals surface area (Å²) in [7, 11) is 0. The van der Waals surface area contributed by atoms with Gasteiger partial charge in [-0.2, -0.15) is 0 Å². The SMILES string of the molecule is C=CC1CN(CCCCC)C(=O)O1. The van der Waals surface area contributed by atoms with E-state index in [2.05, 4.69) is 13.5 Å². The normalized spacial score (nSPS) is 21.8. The second-order valence-electron chi connectivity index (χ2n) is 3.31. The molecule has 13 heavy (non-hydrogen) atoms. The van der Waals surface area contributed by atoms with Crippen molar-refractivity contribution in [2.45, 2.75) is 32.3 Å². The van der Waals surface area contributed by atoms with Crippen LogP contribution in [0.3, 0.4) is 0 Å². The van der Waals surface area contributed by atoms with Gasteiger partial charge < -0.3 is 9.64 Å². The molecule has 1 unspecified atom stereocenters. The second-order valence-corrected chi connectivity index (χ2v) is 3.31. The van der Waals surface area contributed by atoms with E-state index in [1.165, 1.54) is 12.8 Å². The number of unbranched alkanes of at least 4 members (excludes halogenated alkanes) is 2. The van der Waals surface area contributed by atoms with Gasteiger partial charge >= 0.3 is 6.09 Å². The highest BCUT2D eigenvalue weighted by atomic mass is 16.6. The molecule has 1 fully saturated rings. The number of hydrogen-bond donors (Lipinski definition) is 0.